The van der Waals surface area contributed by atoms with E-state index in [0.717, 1.165) is 5.92 Å². The highest BCUT2D eigenvalue weighted by molar-refractivity contribution is 4.86. The molecule has 2 saturated heterocycles. The lowest BCUT2D eigenvalue weighted by Crippen LogP contribution is -2.48. The first kappa shape index (κ1) is 17.2. The molecular formula is C18H37N3. The van der Waals surface area contributed by atoms with Gasteiger partial charge in [-0.3, -0.25) is 0 Å². The summed E-state index contributed by atoms with van der Waals surface area (Å²) in [6, 6.07) is 0.668. The average Bonchev–Trinajstić information content (AvgIpc) is 2.49. The Morgan fingerprint density at radius 2 is 1.95 bits per heavy atom. The Morgan fingerprint density at radius 1 is 1.24 bits per heavy atom. The van der Waals surface area contributed by atoms with Crippen molar-refractivity contribution in [2.24, 2.45) is 11.3 Å². The summed E-state index contributed by atoms with van der Waals surface area (Å²) in [4.78, 5) is 5.14. The quantitative estimate of drug-likeness (QED) is 0.813. The van der Waals surface area contributed by atoms with E-state index in [1.165, 1.54) is 71.4 Å². The first-order chi connectivity index (χ1) is 10.0. The van der Waals surface area contributed by atoms with Gasteiger partial charge in [-0.2, -0.15) is 0 Å². The van der Waals surface area contributed by atoms with Gasteiger partial charge in [-0.25, -0.2) is 0 Å². The van der Waals surface area contributed by atoms with E-state index in [1.54, 1.807) is 0 Å². The summed E-state index contributed by atoms with van der Waals surface area (Å²) in [5.74, 6) is 0.847. The number of hydrogen-bond donors (Lipinski definition) is 1. The van der Waals surface area contributed by atoms with E-state index < -0.39 is 0 Å². The molecule has 0 bridgehead atoms. The Balaban J connectivity index is 1.74. The van der Waals surface area contributed by atoms with Crippen LogP contribution in [0.5, 0.6) is 0 Å². The zero-order valence-corrected chi connectivity index (χ0v) is 14.8. The summed E-state index contributed by atoms with van der Waals surface area (Å²) in [6.07, 6.45) is 6.78. The fourth-order valence-electron chi connectivity index (χ4n) is 3.93. The highest BCUT2D eigenvalue weighted by Crippen LogP contribution is 2.30. The van der Waals surface area contributed by atoms with Crippen LogP contribution in [0.1, 0.15) is 52.9 Å². The normalized spacial score (nSPS) is 29.4. The van der Waals surface area contributed by atoms with Crippen LogP contribution in [0.25, 0.3) is 0 Å². The van der Waals surface area contributed by atoms with Crippen LogP contribution in [0, 0.1) is 11.3 Å². The maximum absolute atomic E-state index is 3.89. The molecule has 1 N–H and O–H groups in total. The van der Waals surface area contributed by atoms with Crippen molar-refractivity contribution in [2.75, 3.05) is 46.3 Å². The van der Waals surface area contributed by atoms with E-state index in [0.29, 0.717) is 11.5 Å². The first-order valence-electron chi connectivity index (χ1n) is 9.17. The molecule has 21 heavy (non-hydrogen) atoms. The Hall–Kier alpha value is -0.120. The molecule has 2 heterocycles. The van der Waals surface area contributed by atoms with E-state index in [1.807, 2.05) is 0 Å². The molecule has 0 radical (unpaired) electrons. The molecule has 2 fully saturated rings. The fourth-order valence-corrected chi connectivity index (χ4v) is 3.93. The summed E-state index contributed by atoms with van der Waals surface area (Å²) in [5.41, 5.74) is 0.512. The molecule has 124 valence electrons. The number of hydrogen-bond acceptors (Lipinski definition) is 3. The van der Waals surface area contributed by atoms with Gasteiger partial charge in [-0.15, -0.1) is 0 Å². The molecule has 2 atom stereocenters. The Labute approximate surface area is 132 Å². The third kappa shape index (κ3) is 5.22. The lowest BCUT2D eigenvalue weighted by atomic mass is 9.80. The summed E-state index contributed by atoms with van der Waals surface area (Å²) in [7, 11) is 2.25. The standard InChI is InChI=1S/C18H37N3/c1-5-10-21-11-6-7-17(14-21)16(2)19-15-18(3)8-12-20(4)13-9-18/h16-17,19H,5-15H2,1-4H3. The van der Waals surface area contributed by atoms with Gasteiger partial charge in [-0.1, -0.05) is 13.8 Å². The molecular weight excluding hydrogens is 258 g/mol. The topological polar surface area (TPSA) is 18.5 Å². The number of likely N-dealkylation sites (tertiary alicyclic amines) is 2. The predicted molar refractivity (Wildman–Crippen MR) is 91.8 cm³/mol. The molecule has 0 aromatic heterocycles. The van der Waals surface area contributed by atoms with Gasteiger partial charge < -0.3 is 15.1 Å². The van der Waals surface area contributed by atoms with Crippen molar-refractivity contribution in [1.29, 1.82) is 0 Å². The van der Waals surface area contributed by atoms with Crippen molar-refractivity contribution >= 4 is 0 Å². The molecule has 0 amide bonds. The van der Waals surface area contributed by atoms with Crippen molar-refractivity contribution in [3.63, 3.8) is 0 Å². The maximum Gasteiger partial charge on any atom is 0.00794 e. The number of nitrogens with zero attached hydrogens (tertiary/aromatic N) is 2. The van der Waals surface area contributed by atoms with Crippen LogP contribution >= 0.6 is 0 Å². The van der Waals surface area contributed by atoms with Gasteiger partial charge in [0.15, 0.2) is 0 Å². The molecule has 0 aromatic carbocycles. The first-order valence-corrected chi connectivity index (χ1v) is 9.17. The van der Waals surface area contributed by atoms with E-state index in [4.69, 9.17) is 0 Å². The van der Waals surface area contributed by atoms with Crippen LogP contribution in [0.15, 0.2) is 0 Å². The van der Waals surface area contributed by atoms with E-state index in [9.17, 15) is 0 Å². The van der Waals surface area contributed by atoms with Gasteiger partial charge in [0.2, 0.25) is 0 Å². The van der Waals surface area contributed by atoms with Crippen LogP contribution < -0.4 is 5.32 Å². The number of piperidine rings is 2. The van der Waals surface area contributed by atoms with Crippen molar-refractivity contribution in [1.82, 2.24) is 15.1 Å². The zero-order valence-electron chi connectivity index (χ0n) is 14.8. The lowest BCUT2D eigenvalue weighted by Gasteiger charge is -2.41. The third-order valence-corrected chi connectivity index (χ3v) is 5.83. The second kappa shape index (κ2) is 7.94. The number of nitrogens with one attached hydrogen (secondary N) is 1. The van der Waals surface area contributed by atoms with Gasteiger partial charge in [-0.05, 0) is 83.6 Å². The van der Waals surface area contributed by atoms with Crippen LogP contribution in [0.4, 0.5) is 0 Å². The molecule has 0 aromatic rings. The molecule has 2 aliphatic rings. The average molecular weight is 296 g/mol. The molecule has 0 spiro atoms. The van der Waals surface area contributed by atoms with Gasteiger partial charge in [0.05, 0.1) is 0 Å². The van der Waals surface area contributed by atoms with Crippen LogP contribution in [0.3, 0.4) is 0 Å². The Bertz CT molecular complexity index is 295. The van der Waals surface area contributed by atoms with Gasteiger partial charge in [0.25, 0.3) is 0 Å². The lowest BCUT2D eigenvalue weighted by molar-refractivity contribution is 0.116. The van der Waals surface area contributed by atoms with E-state index in [-0.39, 0.29) is 0 Å². The molecule has 2 rings (SSSR count). The van der Waals surface area contributed by atoms with Crippen LogP contribution in [0.2, 0.25) is 0 Å². The SMILES string of the molecule is CCCN1CCCC(C(C)NCC2(C)CCN(C)CC2)C1. The van der Waals surface area contributed by atoms with Crippen molar-refractivity contribution in [2.45, 2.75) is 58.9 Å². The van der Waals surface area contributed by atoms with Gasteiger partial charge in [0.1, 0.15) is 0 Å². The minimum Gasteiger partial charge on any atom is -0.313 e. The molecule has 2 unspecified atom stereocenters. The third-order valence-electron chi connectivity index (χ3n) is 5.83. The molecule has 3 nitrogen and oxygen atoms in total. The second-order valence-electron chi connectivity index (χ2n) is 7.99. The van der Waals surface area contributed by atoms with Gasteiger partial charge >= 0.3 is 0 Å². The van der Waals surface area contributed by atoms with E-state index in [2.05, 4.69) is 42.9 Å². The monoisotopic (exact) mass is 295 g/mol. The molecule has 0 saturated carbocycles. The van der Waals surface area contributed by atoms with Crippen molar-refractivity contribution in [3.8, 4) is 0 Å². The Morgan fingerprint density at radius 3 is 2.62 bits per heavy atom. The largest absolute Gasteiger partial charge is 0.313 e. The maximum atomic E-state index is 3.89. The van der Waals surface area contributed by atoms with E-state index >= 15 is 0 Å². The predicted octanol–water partition coefficient (Wildman–Crippen LogP) is 2.82. The van der Waals surface area contributed by atoms with Crippen molar-refractivity contribution < 1.29 is 0 Å². The summed E-state index contributed by atoms with van der Waals surface area (Å²) < 4.78 is 0. The van der Waals surface area contributed by atoms with Crippen molar-refractivity contribution in [3.05, 3.63) is 0 Å². The highest BCUT2D eigenvalue weighted by atomic mass is 15.1. The summed E-state index contributed by atoms with van der Waals surface area (Å²) in [5, 5.41) is 3.89. The minimum absolute atomic E-state index is 0.512. The van der Waals surface area contributed by atoms with Crippen LogP contribution in [-0.2, 0) is 0 Å². The molecule has 2 aliphatic heterocycles. The highest BCUT2D eigenvalue weighted by Gasteiger charge is 2.30. The molecule has 3 heteroatoms. The number of rotatable bonds is 6. The smallest absolute Gasteiger partial charge is 0.00794 e. The van der Waals surface area contributed by atoms with Gasteiger partial charge in [0, 0.05) is 19.1 Å². The second-order valence-corrected chi connectivity index (χ2v) is 7.99. The zero-order chi connectivity index (χ0) is 15.3. The van der Waals surface area contributed by atoms with Crippen LogP contribution in [-0.4, -0.2) is 62.2 Å². The minimum atomic E-state index is 0.512. The summed E-state index contributed by atoms with van der Waals surface area (Å²) >= 11 is 0. The summed E-state index contributed by atoms with van der Waals surface area (Å²) in [6.45, 7) is 14.8. The molecule has 0 aliphatic carbocycles. The Kier molecular flexibility index (Phi) is 6.51. The fraction of sp³-hybridized carbons (Fsp3) is 1.00.